The van der Waals surface area contributed by atoms with E-state index in [-0.39, 0.29) is 11.8 Å². The molecule has 3 saturated heterocycles. The number of carbonyl (C=O) groups excluding carboxylic acids is 2. The van der Waals surface area contributed by atoms with E-state index in [2.05, 4.69) is 24.3 Å². The van der Waals surface area contributed by atoms with Crippen LogP contribution in [0, 0.1) is 11.8 Å². The summed E-state index contributed by atoms with van der Waals surface area (Å²) in [4.78, 5) is 27.5. The fourth-order valence-corrected chi connectivity index (χ4v) is 10.1. The molecule has 8 nitrogen and oxygen atoms in total. The van der Waals surface area contributed by atoms with Gasteiger partial charge in [0.05, 0.1) is 5.92 Å². The molecule has 0 N–H and O–H groups in total. The van der Waals surface area contributed by atoms with Crippen LogP contribution in [0.25, 0.3) is 10.8 Å². The van der Waals surface area contributed by atoms with Crippen LogP contribution in [0.4, 0.5) is 0 Å². The van der Waals surface area contributed by atoms with Gasteiger partial charge in [0, 0.05) is 11.8 Å². The first kappa shape index (κ1) is 25.4. The summed E-state index contributed by atoms with van der Waals surface area (Å²) < 4.78 is 49.5. The minimum atomic E-state index is -4.15. The molecule has 10 rings (SSSR count). The largest absolute Gasteiger partial charge is 0.456 e. The van der Waals surface area contributed by atoms with E-state index < -0.39 is 63.6 Å². The minimum absolute atomic E-state index is 0.0587. The lowest BCUT2D eigenvalue weighted by Gasteiger charge is -2.44. The Morgan fingerprint density at radius 1 is 0.721 bits per heavy atom. The number of rotatable bonds is 4. The molecule has 0 radical (unpaired) electrons. The molecule has 4 bridgehead atoms. The van der Waals surface area contributed by atoms with Gasteiger partial charge in [0.1, 0.15) is 35.2 Å². The van der Waals surface area contributed by atoms with Crippen molar-refractivity contribution in [2.45, 2.75) is 47.9 Å². The number of esters is 2. The van der Waals surface area contributed by atoms with E-state index >= 15 is 0 Å². The highest BCUT2D eigenvalue weighted by atomic mass is 32.2. The zero-order valence-corrected chi connectivity index (χ0v) is 23.6. The van der Waals surface area contributed by atoms with Crippen molar-refractivity contribution in [3.05, 3.63) is 113 Å². The molecule has 0 spiro atoms. The summed E-state index contributed by atoms with van der Waals surface area (Å²) in [5, 5.41) is 0.647. The molecule has 43 heavy (non-hydrogen) atoms. The molecule has 6 aliphatic rings. The Labute approximate surface area is 247 Å². The summed E-state index contributed by atoms with van der Waals surface area (Å²) in [7, 11) is -4.15. The quantitative estimate of drug-likeness (QED) is 0.194. The number of hydrogen-bond donors (Lipinski definition) is 0. The van der Waals surface area contributed by atoms with Gasteiger partial charge in [0.25, 0.3) is 10.1 Å². The number of hydrogen-bond acceptors (Lipinski definition) is 8. The summed E-state index contributed by atoms with van der Waals surface area (Å²) in [6, 6.07) is 29.3. The molecule has 7 atom stereocenters. The van der Waals surface area contributed by atoms with Crippen LogP contribution in [0.1, 0.15) is 40.5 Å². The van der Waals surface area contributed by atoms with Crippen molar-refractivity contribution in [1.29, 1.82) is 0 Å². The first-order valence-electron chi connectivity index (χ1n) is 14.6. The van der Waals surface area contributed by atoms with Crippen LogP contribution in [-0.2, 0) is 33.4 Å². The number of fused-ring (bicyclic) bond motifs is 3. The van der Waals surface area contributed by atoms with Crippen LogP contribution in [0.5, 0.6) is 5.75 Å². The van der Waals surface area contributed by atoms with Gasteiger partial charge in [-0.05, 0) is 51.6 Å². The van der Waals surface area contributed by atoms with Gasteiger partial charge in [-0.3, -0.25) is 13.8 Å². The molecule has 3 heterocycles. The Bertz CT molecular complexity index is 1910. The average Bonchev–Trinajstić information content (AvgIpc) is 3.64. The van der Waals surface area contributed by atoms with Crippen molar-refractivity contribution in [3.63, 3.8) is 0 Å². The predicted molar refractivity (Wildman–Crippen MR) is 154 cm³/mol. The van der Waals surface area contributed by atoms with Gasteiger partial charge in [-0.15, -0.1) is 0 Å². The lowest BCUT2D eigenvalue weighted by Crippen LogP contribution is -2.51. The van der Waals surface area contributed by atoms with Gasteiger partial charge in [-0.2, -0.15) is 8.42 Å². The molecule has 0 saturated carbocycles. The molecule has 4 aromatic carbocycles. The highest BCUT2D eigenvalue weighted by Crippen LogP contribution is 2.57. The summed E-state index contributed by atoms with van der Waals surface area (Å²) in [6.07, 6.45) is -3.36. The van der Waals surface area contributed by atoms with Crippen LogP contribution in [-0.4, -0.2) is 50.0 Å². The van der Waals surface area contributed by atoms with E-state index in [1.165, 1.54) is 11.1 Å². The van der Waals surface area contributed by atoms with E-state index in [0.29, 0.717) is 12.2 Å². The molecule has 4 aromatic rings. The maximum atomic E-state index is 14.0. The Morgan fingerprint density at radius 2 is 1.37 bits per heavy atom. The van der Waals surface area contributed by atoms with Crippen molar-refractivity contribution < 1.29 is 36.4 Å². The molecular formula is C34H26O8S. The van der Waals surface area contributed by atoms with Gasteiger partial charge >= 0.3 is 11.9 Å². The third-order valence-corrected chi connectivity index (χ3v) is 11.7. The number of benzene rings is 4. The number of ether oxygens (including phenoxy) is 3. The van der Waals surface area contributed by atoms with E-state index in [4.69, 9.17) is 18.4 Å². The van der Waals surface area contributed by atoms with Gasteiger partial charge in [0.2, 0.25) is 0 Å². The molecule has 3 aliphatic carbocycles. The lowest BCUT2D eigenvalue weighted by molar-refractivity contribution is -0.165. The average molecular weight is 595 g/mol. The Balaban J connectivity index is 1.01. The molecule has 216 valence electrons. The molecule has 3 fully saturated rings. The van der Waals surface area contributed by atoms with Crippen molar-refractivity contribution >= 4 is 32.8 Å². The second kappa shape index (κ2) is 8.98. The van der Waals surface area contributed by atoms with Crippen LogP contribution >= 0.6 is 0 Å². The zero-order valence-electron chi connectivity index (χ0n) is 22.7. The number of carbonyl (C=O) groups is 2. The van der Waals surface area contributed by atoms with Gasteiger partial charge < -0.3 is 14.2 Å². The molecule has 0 aromatic heterocycles. The zero-order chi connectivity index (χ0) is 29.0. The molecule has 0 amide bonds. The maximum absolute atomic E-state index is 14.0. The predicted octanol–water partition coefficient (Wildman–Crippen LogP) is 4.45. The van der Waals surface area contributed by atoms with Crippen LogP contribution in [0.2, 0.25) is 0 Å². The van der Waals surface area contributed by atoms with E-state index in [9.17, 15) is 18.0 Å². The smallest absolute Gasteiger partial charge is 0.318 e. The molecular weight excluding hydrogens is 568 g/mol. The lowest BCUT2D eigenvalue weighted by atomic mass is 9.59. The fraction of sp³-hybridized carbons (Fsp3) is 0.294. The minimum Gasteiger partial charge on any atom is -0.456 e. The molecule has 9 heteroatoms. The van der Waals surface area contributed by atoms with Crippen molar-refractivity contribution in [2.75, 3.05) is 0 Å². The Hall–Kier alpha value is -4.05. The maximum Gasteiger partial charge on any atom is 0.318 e. The highest BCUT2D eigenvalue weighted by Gasteiger charge is 2.74. The normalized spacial score (nSPS) is 33.6. The second-order valence-electron chi connectivity index (χ2n) is 12.1. The van der Waals surface area contributed by atoms with E-state index in [1.54, 1.807) is 12.1 Å². The summed E-state index contributed by atoms with van der Waals surface area (Å²) >= 11 is 0. The second-order valence-corrected chi connectivity index (χ2v) is 13.8. The topological polar surface area (TPSA) is 105 Å². The van der Waals surface area contributed by atoms with Crippen LogP contribution in [0.15, 0.2) is 91.0 Å². The Morgan fingerprint density at radius 3 is 2.09 bits per heavy atom. The third-order valence-electron chi connectivity index (χ3n) is 9.97. The summed E-state index contributed by atoms with van der Waals surface area (Å²) in [6.45, 7) is 0. The molecule has 3 aliphatic heterocycles. The monoisotopic (exact) mass is 594 g/mol. The van der Waals surface area contributed by atoms with Crippen molar-refractivity contribution in [3.8, 4) is 5.75 Å². The van der Waals surface area contributed by atoms with Gasteiger partial charge in [-0.1, -0.05) is 78.9 Å². The molecule has 7 unspecified atom stereocenters. The first-order chi connectivity index (χ1) is 20.9. The van der Waals surface area contributed by atoms with Gasteiger partial charge in [0.15, 0.2) is 6.10 Å². The van der Waals surface area contributed by atoms with Crippen LogP contribution < -0.4 is 4.74 Å². The summed E-state index contributed by atoms with van der Waals surface area (Å²) in [5.74, 6) is -2.67. The van der Waals surface area contributed by atoms with E-state index in [0.717, 1.165) is 21.9 Å². The first-order valence-corrected chi connectivity index (χ1v) is 16.0. The standard InChI is InChI=1S/C34H26O8S/c35-33(25-16-24-20-9-3-5-11-22(20)26(25)23-12-6-4-10-21(23)24)41-29-28-27(32-31(40-28)30(29)42-43(32,37)38)34(36)39-19-14-13-17-7-1-2-8-18(17)15-19/h1-15,24-32H,16H2. The van der Waals surface area contributed by atoms with Crippen molar-refractivity contribution in [1.82, 2.24) is 0 Å². The van der Waals surface area contributed by atoms with E-state index in [1.807, 2.05) is 54.6 Å². The highest BCUT2D eigenvalue weighted by molar-refractivity contribution is 7.87. The summed E-state index contributed by atoms with van der Waals surface area (Å²) in [5.41, 5.74) is 4.67. The van der Waals surface area contributed by atoms with Crippen molar-refractivity contribution in [2.24, 2.45) is 11.8 Å². The SMILES string of the molecule is O=C(OC1C2OS(=O)(=O)C3C2OC1C3C(=O)Oc1ccc2ccccc2c1)C1CC2c3ccccc3C1c1ccccc12. The third kappa shape index (κ3) is 3.59. The fourth-order valence-electron chi connectivity index (χ4n) is 8.23. The van der Waals surface area contributed by atoms with Gasteiger partial charge in [-0.25, -0.2) is 0 Å². The Kier molecular flexibility index (Phi) is 5.32. The van der Waals surface area contributed by atoms with Crippen LogP contribution in [0.3, 0.4) is 0 Å².